The smallest absolute Gasteiger partial charge is 0.263 e. The van der Waals surface area contributed by atoms with Gasteiger partial charge in [-0.1, -0.05) is 48.0 Å². The third-order valence-corrected chi connectivity index (χ3v) is 7.62. The number of hydrazone groups is 1. The summed E-state index contributed by atoms with van der Waals surface area (Å²) < 4.78 is 26.4. The van der Waals surface area contributed by atoms with Crippen molar-refractivity contribution in [2.45, 2.75) is 20.1 Å². The van der Waals surface area contributed by atoms with Crippen LogP contribution >= 0.6 is 22.9 Å². The van der Waals surface area contributed by atoms with E-state index >= 15 is 0 Å². The van der Waals surface area contributed by atoms with Crippen molar-refractivity contribution in [2.24, 2.45) is 5.10 Å². The number of amides is 1. The molecule has 0 unspecified atom stereocenters. The fourth-order valence-corrected chi connectivity index (χ4v) is 5.50. The zero-order chi connectivity index (χ0) is 28.9. The van der Waals surface area contributed by atoms with E-state index < -0.39 is 11.7 Å². The lowest BCUT2D eigenvalue weighted by atomic mass is 10.0. The normalized spacial score (nSPS) is 11.2. The maximum atomic E-state index is 14.1. The maximum Gasteiger partial charge on any atom is 0.263 e. The second-order valence-electron chi connectivity index (χ2n) is 8.95. The molecule has 0 aliphatic heterocycles. The minimum atomic E-state index is -0.494. The highest BCUT2D eigenvalue weighted by Crippen LogP contribution is 2.35. The summed E-state index contributed by atoms with van der Waals surface area (Å²) in [6, 6.07) is 19.0. The molecule has 1 N–H and O–H groups in total. The molecule has 0 fully saturated rings. The highest BCUT2D eigenvalue weighted by atomic mass is 35.5. The van der Waals surface area contributed by atoms with Crippen LogP contribution in [0.15, 0.2) is 83.0 Å². The molecule has 11 heteroatoms. The molecule has 0 spiro atoms. The lowest BCUT2D eigenvalue weighted by molar-refractivity contribution is -0.121. The van der Waals surface area contributed by atoms with Gasteiger partial charge in [0.15, 0.2) is 11.5 Å². The van der Waals surface area contributed by atoms with Gasteiger partial charge in [-0.25, -0.2) is 14.8 Å². The molecule has 5 rings (SSSR count). The average molecular weight is 591 g/mol. The Hall–Kier alpha value is -4.54. The molecule has 41 heavy (non-hydrogen) atoms. The van der Waals surface area contributed by atoms with Gasteiger partial charge in [-0.05, 0) is 48.4 Å². The van der Waals surface area contributed by atoms with Gasteiger partial charge in [0.2, 0.25) is 0 Å². The van der Waals surface area contributed by atoms with E-state index in [1.807, 2.05) is 37.3 Å². The molecule has 2 heterocycles. The standard InChI is InChI=1S/C30H24ClFN4O4S/c1-18-27(20-7-4-3-5-8-20)28-29(41-18)33-17-36(30(28)38)15-26(37)35-34-14-19-11-12-24(25(13-19)39-2)40-16-21-22(31)9-6-10-23(21)32/h3-14,17H,15-16H2,1-2H3,(H,35,37). The van der Waals surface area contributed by atoms with Gasteiger partial charge < -0.3 is 9.47 Å². The van der Waals surface area contributed by atoms with E-state index in [1.165, 1.54) is 47.7 Å². The molecule has 1 amide bonds. The Morgan fingerprint density at radius 1 is 1.15 bits per heavy atom. The van der Waals surface area contributed by atoms with Crippen LogP contribution in [0.3, 0.4) is 0 Å². The molecule has 0 aliphatic rings. The minimum absolute atomic E-state index is 0.0802. The van der Waals surface area contributed by atoms with Crippen molar-refractivity contribution in [3.8, 4) is 22.6 Å². The van der Waals surface area contributed by atoms with Crippen LogP contribution in [0, 0.1) is 12.7 Å². The highest BCUT2D eigenvalue weighted by molar-refractivity contribution is 7.19. The third kappa shape index (κ3) is 6.13. The summed E-state index contributed by atoms with van der Waals surface area (Å²) in [5.41, 5.74) is 4.74. The van der Waals surface area contributed by atoms with Crippen LogP contribution in [-0.4, -0.2) is 28.8 Å². The van der Waals surface area contributed by atoms with Crippen LogP contribution in [0.1, 0.15) is 16.0 Å². The van der Waals surface area contributed by atoms with Crippen molar-refractivity contribution in [1.29, 1.82) is 0 Å². The Bertz CT molecular complexity index is 1800. The molecule has 3 aromatic carbocycles. The number of carbonyl (C=O) groups is 1. The molecular weight excluding hydrogens is 567 g/mol. The number of nitrogens with one attached hydrogen (secondary N) is 1. The minimum Gasteiger partial charge on any atom is -0.493 e. The molecule has 0 aliphatic carbocycles. The van der Waals surface area contributed by atoms with Gasteiger partial charge in [-0.2, -0.15) is 5.10 Å². The number of benzene rings is 3. The average Bonchev–Trinajstić information content (AvgIpc) is 3.31. The number of hydrogen-bond acceptors (Lipinski definition) is 7. The molecule has 5 aromatic rings. The number of rotatable bonds is 9. The Kier molecular flexibility index (Phi) is 8.42. The van der Waals surface area contributed by atoms with Crippen LogP contribution in [0.4, 0.5) is 4.39 Å². The highest BCUT2D eigenvalue weighted by Gasteiger charge is 2.17. The third-order valence-electron chi connectivity index (χ3n) is 6.26. The predicted molar refractivity (Wildman–Crippen MR) is 159 cm³/mol. The molecule has 0 saturated carbocycles. The summed E-state index contributed by atoms with van der Waals surface area (Å²) in [5.74, 6) is -0.185. The number of methoxy groups -OCH3 is 1. The molecule has 2 aromatic heterocycles. The summed E-state index contributed by atoms with van der Waals surface area (Å²) in [5, 5.41) is 4.76. The van der Waals surface area contributed by atoms with Crippen molar-refractivity contribution in [3.63, 3.8) is 0 Å². The zero-order valence-corrected chi connectivity index (χ0v) is 23.6. The lowest BCUT2D eigenvalue weighted by Gasteiger charge is -2.12. The largest absolute Gasteiger partial charge is 0.493 e. The number of aromatic nitrogens is 2. The fourth-order valence-electron chi connectivity index (χ4n) is 4.28. The first-order valence-electron chi connectivity index (χ1n) is 12.4. The monoisotopic (exact) mass is 590 g/mol. The molecule has 0 radical (unpaired) electrons. The number of fused-ring (bicyclic) bond motifs is 1. The molecular formula is C30H24ClFN4O4S. The Labute approximate surface area is 243 Å². The van der Waals surface area contributed by atoms with Crippen molar-refractivity contribution in [3.05, 3.63) is 110 Å². The predicted octanol–water partition coefficient (Wildman–Crippen LogP) is 5.96. The fraction of sp³-hybridized carbons (Fsp3) is 0.133. The number of hydrogen-bond donors (Lipinski definition) is 1. The van der Waals surface area contributed by atoms with Gasteiger partial charge in [-0.15, -0.1) is 11.3 Å². The van der Waals surface area contributed by atoms with E-state index in [4.69, 9.17) is 21.1 Å². The summed E-state index contributed by atoms with van der Waals surface area (Å²) in [6.07, 6.45) is 2.80. The summed E-state index contributed by atoms with van der Waals surface area (Å²) >= 11 is 7.51. The van der Waals surface area contributed by atoms with Crippen molar-refractivity contribution in [2.75, 3.05) is 7.11 Å². The maximum absolute atomic E-state index is 14.1. The van der Waals surface area contributed by atoms with Crippen molar-refractivity contribution < 1.29 is 18.7 Å². The van der Waals surface area contributed by atoms with Gasteiger partial charge in [0.25, 0.3) is 11.5 Å². The number of ether oxygens (including phenoxy) is 2. The van der Waals surface area contributed by atoms with Crippen LogP contribution < -0.4 is 20.5 Å². The van der Waals surface area contributed by atoms with Crippen molar-refractivity contribution >= 4 is 45.3 Å². The van der Waals surface area contributed by atoms with Crippen LogP contribution in [0.2, 0.25) is 5.02 Å². The van der Waals surface area contributed by atoms with E-state index in [0.717, 1.165) is 16.0 Å². The number of carbonyl (C=O) groups excluding carboxylic acids is 1. The number of halogens is 2. The molecule has 208 valence electrons. The van der Waals surface area contributed by atoms with E-state index in [9.17, 15) is 14.0 Å². The Morgan fingerprint density at radius 2 is 1.95 bits per heavy atom. The van der Waals surface area contributed by atoms with Gasteiger partial charge in [0, 0.05) is 16.0 Å². The van der Waals surface area contributed by atoms with E-state index in [1.54, 1.807) is 24.3 Å². The topological polar surface area (TPSA) is 94.8 Å². The molecule has 0 saturated heterocycles. The molecule has 8 nitrogen and oxygen atoms in total. The first kappa shape index (κ1) is 28.0. The first-order valence-corrected chi connectivity index (χ1v) is 13.6. The summed E-state index contributed by atoms with van der Waals surface area (Å²) in [7, 11) is 1.47. The SMILES string of the molecule is COc1cc(C=NNC(=O)Cn2cnc3sc(C)c(-c4ccccc4)c3c2=O)ccc1OCc1c(F)cccc1Cl. The number of nitrogens with zero attached hydrogens (tertiary/aromatic N) is 3. The number of thiophene rings is 1. The van der Waals surface area contributed by atoms with Crippen LogP contribution in [0.25, 0.3) is 21.3 Å². The second kappa shape index (κ2) is 12.3. The van der Waals surface area contributed by atoms with E-state index in [0.29, 0.717) is 27.3 Å². The second-order valence-corrected chi connectivity index (χ2v) is 10.6. The van der Waals surface area contributed by atoms with Crippen LogP contribution in [0.5, 0.6) is 11.5 Å². The lowest BCUT2D eigenvalue weighted by Crippen LogP contribution is -2.30. The number of aryl methyl sites for hydroxylation is 1. The van der Waals surface area contributed by atoms with E-state index in [2.05, 4.69) is 15.5 Å². The van der Waals surface area contributed by atoms with Gasteiger partial charge in [0.05, 0.1) is 30.1 Å². The Balaban J connectivity index is 1.26. The first-order chi connectivity index (χ1) is 19.9. The van der Waals surface area contributed by atoms with E-state index in [-0.39, 0.29) is 29.3 Å². The van der Waals surface area contributed by atoms with Crippen molar-refractivity contribution in [1.82, 2.24) is 15.0 Å². The van der Waals surface area contributed by atoms with Gasteiger partial charge >= 0.3 is 0 Å². The molecule has 0 atom stereocenters. The zero-order valence-electron chi connectivity index (χ0n) is 22.1. The summed E-state index contributed by atoms with van der Waals surface area (Å²) in [6.45, 7) is 1.62. The van der Waals surface area contributed by atoms with Gasteiger partial charge in [-0.3, -0.25) is 14.2 Å². The Morgan fingerprint density at radius 3 is 2.71 bits per heavy atom. The van der Waals surface area contributed by atoms with Crippen LogP contribution in [-0.2, 0) is 17.9 Å². The quantitative estimate of drug-likeness (QED) is 0.169. The molecule has 0 bridgehead atoms. The summed E-state index contributed by atoms with van der Waals surface area (Å²) in [4.78, 5) is 31.9. The van der Waals surface area contributed by atoms with Gasteiger partial charge in [0.1, 0.15) is 23.8 Å².